The Morgan fingerprint density at radius 1 is 1.44 bits per heavy atom. The number of hydrogen-bond acceptors (Lipinski definition) is 4. The van der Waals surface area contributed by atoms with Crippen LogP contribution in [0.3, 0.4) is 0 Å². The summed E-state index contributed by atoms with van der Waals surface area (Å²) >= 11 is 3.39. The fourth-order valence-electron chi connectivity index (χ4n) is 1.73. The lowest BCUT2D eigenvalue weighted by atomic mass is 10.3. The molecule has 1 aromatic rings. The van der Waals surface area contributed by atoms with Gasteiger partial charge in [-0.05, 0) is 32.4 Å². The maximum Gasteiger partial charge on any atom is 0.179 e. The van der Waals surface area contributed by atoms with E-state index in [9.17, 15) is 8.42 Å². The Labute approximate surface area is 117 Å². The number of anilines is 1. The second-order valence-corrected chi connectivity index (χ2v) is 7.20. The summed E-state index contributed by atoms with van der Waals surface area (Å²) in [5.74, 6) is 0.552. The Kier molecular flexibility index (Phi) is 5.59. The van der Waals surface area contributed by atoms with Gasteiger partial charge in [-0.25, -0.2) is 13.4 Å². The first-order valence-electron chi connectivity index (χ1n) is 5.85. The predicted molar refractivity (Wildman–Crippen MR) is 78.2 cm³/mol. The first-order valence-corrected chi connectivity index (χ1v) is 8.87. The Balaban J connectivity index is 3.20. The van der Waals surface area contributed by atoms with E-state index < -0.39 is 9.84 Å². The first-order chi connectivity index (χ1) is 8.38. The molecule has 0 N–H and O–H groups in total. The molecule has 1 heterocycles. The van der Waals surface area contributed by atoms with Crippen molar-refractivity contribution < 1.29 is 8.42 Å². The number of nitrogens with zero attached hydrogens (tertiary/aromatic N) is 2. The zero-order valence-electron chi connectivity index (χ0n) is 10.9. The van der Waals surface area contributed by atoms with E-state index in [1.807, 2.05) is 18.7 Å². The molecule has 0 saturated heterocycles. The summed E-state index contributed by atoms with van der Waals surface area (Å²) in [6.07, 6.45) is 3.79. The highest BCUT2D eigenvalue weighted by Crippen LogP contribution is 2.24. The summed E-state index contributed by atoms with van der Waals surface area (Å²) in [4.78, 5) is 6.58. The molecule has 18 heavy (non-hydrogen) atoms. The summed E-state index contributed by atoms with van der Waals surface area (Å²) in [5, 5.41) is 0.886. The molecule has 0 atom stereocenters. The minimum atomic E-state index is -3.25. The number of hydrogen-bond donors (Lipinski definition) is 0. The van der Waals surface area contributed by atoms with Crippen LogP contribution in [0, 0.1) is 0 Å². The van der Waals surface area contributed by atoms with E-state index in [0.717, 1.165) is 18.3 Å². The fraction of sp³-hybridized carbons (Fsp3) is 0.583. The van der Waals surface area contributed by atoms with E-state index >= 15 is 0 Å². The monoisotopic (exact) mass is 334 g/mol. The second kappa shape index (κ2) is 6.52. The average Bonchev–Trinajstić information content (AvgIpc) is 2.28. The number of rotatable bonds is 6. The number of pyridine rings is 1. The van der Waals surface area contributed by atoms with Crippen molar-refractivity contribution in [1.29, 1.82) is 0 Å². The van der Waals surface area contributed by atoms with E-state index in [4.69, 9.17) is 0 Å². The average molecular weight is 335 g/mol. The van der Waals surface area contributed by atoms with Crippen molar-refractivity contribution >= 4 is 31.6 Å². The van der Waals surface area contributed by atoms with E-state index in [1.54, 1.807) is 18.3 Å². The summed E-state index contributed by atoms with van der Waals surface area (Å²) in [6, 6.07) is 3.48. The van der Waals surface area contributed by atoms with Crippen LogP contribution in [-0.2, 0) is 9.84 Å². The number of aromatic nitrogens is 1. The fourth-order valence-corrected chi connectivity index (χ4v) is 2.80. The maximum absolute atomic E-state index is 11.8. The van der Waals surface area contributed by atoms with E-state index in [2.05, 4.69) is 20.9 Å². The van der Waals surface area contributed by atoms with Gasteiger partial charge >= 0.3 is 0 Å². The van der Waals surface area contributed by atoms with Crippen molar-refractivity contribution in [2.75, 3.05) is 23.0 Å². The molecule has 0 fully saturated rings. The summed E-state index contributed by atoms with van der Waals surface area (Å²) in [6.45, 7) is 4.85. The molecule has 0 bridgehead atoms. The molecule has 0 radical (unpaired) electrons. The van der Waals surface area contributed by atoms with Crippen LogP contribution in [0.5, 0.6) is 0 Å². The standard InChI is InChI=1S/C12H19BrN2O2S/c1-10(2)15(9-5-7-13)12-11(18(3,16)17)6-4-8-14-12/h4,6,8,10H,5,7,9H2,1-3H3. The highest BCUT2D eigenvalue weighted by atomic mass is 79.9. The van der Waals surface area contributed by atoms with Gasteiger partial charge in [-0.15, -0.1) is 0 Å². The maximum atomic E-state index is 11.8. The molecule has 0 aliphatic rings. The van der Waals surface area contributed by atoms with E-state index in [-0.39, 0.29) is 6.04 Å². The highest BCUT2D eigenvalue weighted by Gasteiger charge is 2.20. The molecule has 6 heteroatoms. The molecule has 0 aromatic carbocycles. The van der Waals surface area contributed by atoms with Crippen LogP contribution in [0.25, 0.3) is 0 Å². The highest BCUT2D eigenvalue weighted by molar-refractivity contribution is 9.09. The molecule has 0 amide bonds. The van der Waals surface area contributed by atoms with Gasteiger partial charge < -0.3 is 4.90 Å². The molecule has 0 aliphatic carbocycles. The lowest BCUT2D eigenvalue weighted by Crippen LogP contribution is -2.33. The molecule has 4 nitrogen and oxygen atoms in total. The molecule has 1 rings (SSSR count). The number of halogens is 1. The van der Waals surface area contributed by atoms with Gasteiger partial charge in [-0.3, -0.25) is 0 Å². The quantitative estimate of drug-likeness (QED) is 0.750. The minimum absolute atomic E-state index is 0.208. The molecule has 0 aliphatic heterocycles. The Morgan fingerprint density at radius 3 is 2.61 bits per heavy atom. The van der Waals surface area contributed by atoms with Crippen LogP contribution in [0.4, 0.5) is 5.82 Å². The molecule has 0 spiro atoms. The van der Waals surface area contributed by atoms with Gasteiger partial charge in [0.05, 0.1) is 0 Å². The topological polar surface area (TPSA) is 50.3 Å². The third-order valence-electron chi connectivity index (χ3n) is 2.58. The van der Waals surface area contributed by atoms with E-state index in [0.29, 0.717) is 10.7 Å². The molecular formula is C12H19BrN2O2S. The van der Waals surface area contributed by atoms with Crippen LogP contribution in [0.1, 0.15) is 20.3 Å². The Morgan fingerprint density at radius 2 is 2.11 bits per heavy atom. The van der Waals surface area contributed by atoms with Gasteiger partial charge in [-0.1, -0.05) is 15.9 Å². The molecule has 0 saturated carbocycles. The van der Waals surface area contributed by atoms with Crippen molar-refractivity contribution in [2.24, 2.45) is 0 Å². The van der Waals surface area contributed by atoms with E-state index in [1.165, 1.54) is 6.26 Å². The lowest BCUT2D eigenvalue weighted by molar-refractivity contribution is 0.598. The third kappa shape index (κ3) is 3.95. The molecule has 0 unspecified atom stereocenters. The van der Waals surface area contributed by atoms with Crippen molar-refractivity contribution in [3.63, 3.8) is 0 Å². The smallest absolute Gasteiger partial charge is 0.179 e. The van der Waals surface area contributed by atoms with Crippen LogP contribution >= 0.6 is 15.9 Å². The normalized spacial score (nSPS) is 11.8. The molecule has 102 valence electrons. The summed E-state index contributed by atoms with van der Waals surface area (Å²) in [5.41, 5.74) is 0. The van der Waals surface area contributed by atoms with Gasteiger partial charge in [0.15, 0.2) is 9.84 Å². The van der Waals surface area contributed by atoms with Crippen molar-refractivity contribution in [2.45, 2.75) is 31.2 Å². The first kappa shape index (κ1) is 15.4. The number of alkyl halides is 1. The molecular weight excluding hydrogens is 316 g/mol. The SMILES string of the molecule is CC(C)N(CCCBr)c1ncccc1S(C)(=O)=O. The van der Waals surface area contributed by atoms with Gasteiger partial charge in [0.25, 0.3) is 0 Å². The third-order valence-corrected chi connectivity index (χ3v) is 4.26. The Bertz CT molecular complexity index is 489. The van der Waals surface area contributed by atoms with Crippen LogP contribution in [0.15, 0.2) is 23.2 Å². The summed E-state index contributed by atoms with van der Waals surface area (Å²) in [7, 11) is -3.25. The zero-order valence-corrected chi connectivity index (χ0v) is 13.3. The largest absolute Gasteiger partial charge is 0.353 e. The van der Waals surface area contributed by atoms with Gasteiger partial charge in [0, 0.05) is 30.4 Å². The zero-order chi connectivity index (χ0) is 13.8. The second-order valence-electron chi connectivity index (χ2n) is 4.43. The number of sulfone groups is 1. The lowest BCUT2D eigenvalue weighted by Gasteiger charge is -2.29. The van der Waals surface area contributed by atoms with Crippen LogP contribution < -0.4 is 4.90 Å². The predicted octanol–water partition coefficient (Wildman–Crippen LogP) is 2.48. The minimum Gasteiger partial charge on any atom is -0.353 e. The van der Waals surface area contributed by atoms with Gasteiger partial charge in [-0.2, -0.15) is 0 Å². The van der Waals surface area contributed by atoms with Crippen molar-refractivity contribution in [3.05, 3.63) is 18.3 Å². The Hall–Kier alpha value is -0.620. The summed E-state index contributed by atoms with van der Waals surface area (Å²) < 4.78 is 23.6. The van der Waals surface area contributed by atoms with Crippen molar-refractivity contribution in [1.82, 2.24) is 4.98 Å². The van der Waals surface area contributed by atoms with Crippen LogP contribution in [-0.4, -0.2) is 37.6 Å². The molecule has 1 aromatic heterocycles. The van der Waals surface area contributed by atoms with Crippen molar-refractivity contribution in [3.8, 4) is 0 Å². The van der Waals surface area contributed by atoms with Gasteiger partial charge in [0.1, 0.15) is 10.7 Å². The van der Waals surface area contributed by atoms with Gasteiger partial charge in [0.2, 0.25) is 0 Å². The van der Waals surface area contributed by atoms with Crippen LogP contribution in [0.2, 0.25) is 0 Å².